The summed E-state index contributed by atoms with van der Waals surface area (Å²) < 4.78 is 0. The third-order valence-electron chi connectivity index (χ3n) is 4.49. The standard InChI is InChI=1S/C23H26N4O/c1-15(2)19-7-5-6-8-20(19)27-22-13-21(25-17(4)26-22)23(28)24-14-18-11-9-16(3)10-12-18/h5-13,15H,14H2,1-4H3,(H,24,28)(H,25,26,27). The zero-order valence-corrected chi connectivity index (χ0v) is 16.8. The van der Waals surface area contributed by atoms with E-state index in [9.17, 15) is 4.79 Å². The van der Waals surface area contributed by atoms with Gasteiger partial charge in [0.1, 0.15) is 17.3 Å². The highest BCUT2D eigenvalue weighted by Gasteiger charge is 2.12. The first-order valence-corrected chi connectivity index (χ1v) is 9.48. The Kier molecular flexibility index (Phi) is 6.04. The van der Waals surface area contributed by atoms with Gasteiger partial charge in [-0.2, -0.15) is 0 Å². The van der Waals surface area contributed by atoms with Gasteiger partial charge < -0.3 is 10.6 Å². The van der Waals surface area contributed by atoms with Crippen LogP contribution < -0.4 is 10.6 Å². The van der Waals surface area contributed by atoms with Gasteiger partial charge in [-0.1, -0.05) is 61.9 Å². The fraction of sp³-hybridized carbons (Fsp3) is 0.261. The Bertz CT molecular complexity index is 965. The van der Waals surface area contributed by atoms with Gasteiger partial charge in [0.15, 0.2) is 0 Å². The molecular formula is C23H26N4O. The molecular weight excluding hydrogens is 348 g/mol. The number of hydrogen-bond donors (Lipinski definition) is 2. The average Bonchev–Trinajstić information content (AvgIpc) is 2.67. The molecule has 28 heavy (non-hydrogen) atoms. The van der Waals surface area contributed by atoms with E-state index in [-0.39, 0.29) is 5.91 Å². The Labute approximate surface area is 166 Å². The highest BCUT2D eigenvalue weighted by Crippen LogP contribution is 2.26. The summed E-state index contributed by atoms with van der Waals surface area (Å²) in [4.78, 5) is 21.3. The van der Waals surface area contributed by atoms with Crippen molar-refractivity contribution in [1.82, 2.24) is 15.3 Å². The van der Waals surface area contributed by atoms with Crippen LogP contribution in [0.1, 0.15) is 52.8 Å². The van der Waals surface area contributed by atoms with Crippen LogP contribution >= 0.6 is 0 Å². The Morgan fingerprint density at radius 2 is 1.71 bits per heavy atom. The van der Waals surface area contributed by atoms with Crippen molar-refractivity contribution in [3.05, 3.63) is 82.8 Å². The van der Waals surface area contributed by atoms with E-state index in [0.29, 0.717) is 29.8 Å². The summed E-state index contributed by atoms with van der Waals surface area (Å²) in [5, 5.41) is 6.26. The van der Waals surface area contributed by atoms with E-state index in [0.717, 1.165) is 11.3 Å². The van der Waals surface area contributed by atoms with Gasteiger partial charge in [0, 0.05) is 18.3 Å². The second-order valence-corrected chi connectivity index (χ2v) is 7.22. The minimum atomic E-state index is -0.216. The minimum Gasteiger partial charge on any atom is -0.347 e. The largest absolute Gasteiger partial charge is 0.347 e. The molecule has 3 rings (SSSR count). The lowest BCUT2D eigenvalue weighted by atomic mass is 10.0. The fourth-order valence-corrected chi connectivity index (χ4v) is 2.98. The van der Waals surface area contributed by atoms with Gasteiger partial charge in [-0.05, 0) is 37.0 Å². The van der Waals surface area contributed by atoms with E-state index in [2.05, 4.69) is 40.5 Å². The maximum Gasteiger partial charge on any atom is 0.270 e. The molecule has 1 aromatic heterocycles. The third-order valence-corrected chi connectivity index (χ3v) is 4.49. The van der Waals surface area contributed by atoms with Crippen molar-refractivity contribution in [3.8, 4) is 0 Å². The number of hydrogen-bond acceptors (Lipinski definition) is 4. The van der Waals surface area contributed by atoms with Crippen molar-refractivity contribution in [3.63, 3.8) is 0 Å². The van der Waals surface area contributed by atoms with Crippen molar-refractivity contribution >= 4 is 17.4 Å². The number of para-hydroxylation sites is 1. The minimum absolute atomic E-state index is 0.216. The number of rotatable bonds is 6. The van der Waals surface area contributed by atoms with Gasteiger partial charge in [-0.15, -0.1) is 0 Å². The van der Waals surface area contributed by atoms with Gasteiger partial charge in [0.05, 0.1) is 0 Å². The van der Waals surface area contributed by atoms with Crippen molar-refractivity contribution < 1.29 is 4.79 Å². The maximum atomic E-state index is 12.6. The molecule has 5 nitrogen and oxygen atoms in total. The molecule has 5 heteroatoms. The van der Waals surface area contributed by atoms with Crippen LogP contribution in [-0.2, 0) is 6.54 Å². The van der Waals surface area contributed by atoms with Gasteiger partial charge in [0.2, 0.25) is 0 Å². The molecule has 0 bridgehead atoms. The molecule has 0 saturated heterocycles. The van der Waals surface area contributed by atoms with Crippen molar-refractivity contribution in [2.45, 2.75) is 40.2 Å². The van der Waals surface area contributed by atoms with Crippen LogP contribution in [0.5, 0.6) is 0 Å². The molecule has 2 aromatic carbocycles. The van der Waals surface area contributed by atoms with Crippen molar-refractivity contribution in [2.75, 3.05) is 5.32 Å². The first-order valence-electron chi connectivity index (χ1n) is 9.48. The molecule has 0 aliphatic rings. The maximum absolute atomic E-state index is 12.6. The molecule has 1 amide bonds. The molecule has 0 aliphatic heterocycles. The summed E-state index contributed by atoms with van der Waals surface area (Å²) in [6.07, 6.45) is 0. The molecule has 0 unspecified atom stereocenters. The van der Waals surface area contributed by atoms with Crippen LogP contribution in [0.15, 0.2) is 54.6 Å². The van der Waals surface area contributed by atoms with E-state index in [1.165, 1.54) is 11.1 Å². The fourth-order valence-electron chi connectivity index (χ4n) is 2.98. The summed E-state index contributed by atoms with van der Waals surface area (Å²) in [7, 11) is 0. The predicted octanol–water partition coefficient (Wildman–Crippen LogP) is 4.89. The Morgan fingerprint density at radius 1 is 1.00 bits per heavy atom. The average molecular weight is 374 g/mol. The predicted molar refractivity (Wildman–Crippen MR) is 113 cm³/mol. The second kappa shape index (κ2) is 8.65. The monoisotopic (exact) mass is 374 g/mol. The molecule has 0 fully saturated rings. The number of aromatic nitrogens is 2. The van der Waals surface area contributed by atoms with Crippen LogP contribution in [0.2, 0.25) is 0 Å². The van der Waals surface area contributed by atoms with E-state index in [4.69, 9.17) is 0 Å². The number of carbonyl (C=O) groups is 1. The summed E-state index contributed by atoms with van der Waals surface area (Å²) in [5.41, 5.74) is 4.78. The van der Waals surface area contributed by atoms with Gasteiger partial charge in [0.25, 0.3) is 5.91 Å². The van der Waals surface area contributed by atoms with Crippen molar-refractivity contribution in [1.29, 1.82) is 0 Å². The number of anilines is 2. The molecule has 2 N–H and O–H groups in total. The normalized spacial score (nSPS) is 10.8. The Hall–Kier alpha value is -3.21. The van der Waals surface area contributed by atoms with E-state index < -0.39 is 0 Å². The Morgan fingerprint density at radius 3 is 2.43 bits per heavy atom. The summed E-state index contributed by atoms with van der Waals surface area (Å²) in [6, 6.07) is 17.9. The van der Waals surface area contributed by atoms with E-state index >= 15 is 0 Å². The summed E-state index contributed by atoms with van der Waals surface area (Å²) >= 11 is 0. The van der Waals surface area contributed by atoms with Gasteiger partial charge >= 0.3 is 0 Å². The van der Waals surface area contributed by atoms with E-state index in [1.807, 2.05) is 49.4 Å². The molecule has 0 atom stereocenters. The number of amides is 1. The molecule has 0 aliphatic carbocycles. The Balaban J connectivity index is 1.76. The second-order valence-electron chi connectivity index (χ2n) is 7.22. The number of aryl methyl sites for hydroxylation is 2. The number of benzene rings is 2. The first kappa shape index (κ1) is 19.5. The highest BCUT2D eigenvalue weighted by atomic mass is 16.1. The molecule has 0 saturated carbocycles. The van der Waals surface area contributed by atoms with E-state index in [1.54, 1.807) is 13.0 Å². The number of carbonyl (C=O) groups excluding carboxylic acids is 1. The van der Waals surface area contributed by atoms with Gasteiger partial charge in [-0.25, -0.2) is 9.97 Å². The van der Waals surface area contributed by atoms with Crippen LogP contribution in [0.3, 0.4) is 0 Å². The zero-order valence-electron chi connectivity index (χ0n) is 16.8. The lowest BCUT2D eigenvalue weighted by Crippen LogP contribution is -2.24. The quantitative estimate of drug-likeness (QED) is 0.645. The van der Waals surface area contributed by atoms with Crippen molar-refractivity contribution in [2.24, 2.45) is 0 Å². The molecule has 3 aromatic rings. The number of nitrogens with one attached hydrogen (secondary N) is 2. The molecule has 144 valence electrons. The molecule has 1 heterocycles. The molecule has 0 spiro atoms. The summed E-state index contributed by atoms with van der Waals surface area (Å²) in [6.45, 7) is 8.58. The van der Waals surface area contributed by atoms with Gasteiger partial charge in [-0.3, -0.25) is 4.79 Å². The SMILES string of the molecule is Cc1ccc(CNC(=O)c2cc(Nc3ccccc3C(C)C)nc(C)n2)cc1. The molecule has 0 radical (unpaired) electrons. The van der Waals surface area contributed by atoms with Crippen LogP contribution in [0.4, 0.5) is 11.5 Å². The van der Waals surface area contributed by atoms with Crippen LogP contribution in [-0.4, -0.2) is 15.9 Å². The smallest absolute Gasteiger partial charge is 0.270 e. The topological polar surface area (TPSA) is 66.9 Å². The lowest BCUT2D eigenvalue weighted by molar-refractivity contribution is 0.0945. The third kappa shape index (κ3) is 4.94. The highest BCUT2D eigenvalue weighted by molar-refractivity contribution is 5.93. The van der Waals surface area contributed by atoms with Crippen LogP contribution in [0.25, 0.3) is 0 Å². The lowest BCUT2D eigenvalue weighted by Gasteiger charge is -2.15. The van der Waals surface area contributed by atoms with Crippen LogP contribution in [0, 0.1) is 13.8 Å². The zero-order chi connectivity index (χ0) is 20.1. The number of nitrogens with zero attached hydrogens (tertiary/aromatic N) is 2. The first-order chi connectivity index (χ1) is 13.4. The summed E-state index contributed by atoms with van der Waals surface area (Å²) in [5.74, 6) is 1.32.